The van der Waals surface area contributed by atoms with Crippen LogP contribution in [0.3, 0.4) is 0 Å². The molecule has 0 aliphatic rings. The fourth-order valence-corrected chi connectivity index (χ4v) is 3.05. The molecule has 2 aromatic heterocycles. The van der Waals surface area contributed by atoms with Crippen LogP contribution in [-0.4, -0.2) is 21.7 Å². The Kier molecular flexibility index (Phi) is 3.35. The molecule has 0 saturated carbocycles. The third-order valence-corrected chi connectivity index (χ3v) is 4.16. The van der Waals surface area contributed by atoms with E-state index in [0.717, 1.165) is 27.0 Å². The monoisotopic (exact) mass is 298 g/mol. The fraction of sp³-hybridized carbons (Fsp3) is 0.267. The molecule has 21 heavy (non-hydrogen) atoms. The number of fused-ring (bicyclic) bond motifs is 1. The molecule has 0 atom stereocenters. The SMILES string of the molecule is COc1cccc(-c2nn3c(C#N)c(C(C)C)nc3s2)c1. The number of aromatic nitrogens is 3. The van der Waals surface area contributed by atoms with E-state index in [4.69, 9.17) is 4.74 Å². The van der Waals surface area contributed by atoms with Gasteiger partial charge in [0.1, 0.15) is 16.8 Å². The summed E-state index contributed by atoms with van der Waals surface area (Å²) in [6.45, 7) is 4.05. The van der Waals surface area contributed by atoms with Crippen molar-refractivity contribution in [2.24, 2.45) is 0 Å². The van der Waals surface area contributed by atoms with Crippen LogP contribution in [0.1, 0.15) is 31.2 Å². The molecule has 3 rings (SSSR count). The molecule has 0 aliphatic heterocycles. The predicted octanol–water partition coefficient (Wildman–Crippen LogP) is 3.46. The van der Waals surface area contributed by atoms with Gasteiger partial charge in [0.05, 0.1) is 12.8 Å². The molecule has 0 bridgehead atoms. The summed E-state index contributed by atoms with van der Waals surface area (Å²) in [5.41, 5.74) is 2.28. The second-order valence-electron chi connectivity index (χ2n) is 4.95. The van der Waals surface area contributed by atoms with Crippen LogP contribution in [0.15, 0.2) is 24.3 Å². The average Bonchev–Trinajstić information content (AvgIpc) is 3.04. The van der Waals surface area contributed by atoms with Crippen molar-refractivity contribution in [3.63, 3.8) is 0 Å². The molecule has 0 aliphatic carbocycles. The van der Waals surface area contributed by atoms with Crippen LogP contribution >= 0.6 is 11.3 Å². The second kappa shape index (κ2) is 5.19. The van der Waals surface area contributed by atoms with Gasteiger partial charge in [-0.15, -0.1) is 0 Å². The van der Waals surface area contributed by atoms with E-state index in [1.807, 2.05) is 38.1 Å². The summed E-state index contributed by atoms with van der Waals surface area (Å²) < 4.78 is 6.86. The maximum atomic E-state index is 9.35. The third-order valence-electron chi connectivity index (χ3n) is 3.20. The van der Waals surface area contributed by atoms with Crippen molar-refractivity contribution in [3.8, 4) is 22.4 Å². The highest BCUT2D eigenvalue weighted by atomic mass is 32.1. The van der Waals surface area contributed by atoms with E-state index in [1.165, 1.54) is 11.3 Å². The van der Waals surface area contributed by atoms with Crippen LogP contribution in [0, 0.1) is 11.3 Å². The van der Waals surface area contributed by atoms with Gasteiger partial charge in [0.25, 0.3) is 0 Å². The van der Waals surface area contributed by atoms with Gasteiger partial charge >= 0.3 is 0 Å². The summed E-state index contributed by atoms with van der Waals surface area (Å²) in [5, 5.41) is 14.7. The Balaban J connectivity index is 2.14. The highest BCUT2D eigenvalue weighted by Gasteiger charge is 2.19. The van der Waals surface area contributed by atoms with Crippen molar-refractivity contribution >= 4 is 16.3 Å². The van der Waals surface area contributed by atoms with Crippen LogP contribution in [-0.2, 0) is 0 Å². The fourth-order valence-electron chi connectivity index (χ4n) is 2.14. The highest BCUT2D eigenvalue weighted by Crippen LogP contribution is 2.30. The van der Waals surface area contributed by atoms with E-state index in [2.05, 4.69) is 16.2 Å². The number of benzene rings is 1. The predicted molar refractivity (Wildman–Crippen MR) is 81.7 cm³/mol. The topological polar surface area (TPSA) is 63.2 Å². The van der Waals surface area contributed by atoms with E-state index in [-0.39, 0.29) is 5.92 Å². The third kappa shape index (κ3) is 2.26. The van der Waals surface area contributed by atoms with Crippen LogP contribution in [0.25, 0.3) is 15.5 Å². The number of nitrogens with zero attached hydrogens (tertiary/aromatic N) is 4. The van der Waals surface area contributed by atoms with E-state index < -0.39 is 0 Å². The minimum absolute atomic E-state index is 0.203. The molecule has 0 N–H and O–H groups in total. The summed E-state index contributed by atoms with van der Waals surface area (Å²) >= 11 is 1.47. The number of hydrogen-bond donors (Lipinski definition) is 0. The lowest BCUT2D eigenvalue weighted by Gasteiger charge is -2.01. The van der Waals surface area contributed by atoms with Crippen molar-refractivity contribution in [2.45, 2.75) is 19.8 Å². The molecule has 0 radical (unpaired) electrons. The first-order chi connectivity index (χ1) is 10.1. The summed E-state index contributed by atoms with van der Waals surface area (Å²) in [6, 6.07) is 9.91. The summed E-state index contributed by atoms with van der Waals surface area (Å²) in [4.78, 5) is 5.28. The van der Waals surface area contributed by atoms with Gasteiger partial charge in [0.15, 0.2) is 5.69 Å². The molecule has 0 amide bonds. The van der Waals surface area contributed by atoms with Crippen molar-refractivity contribution in [1.29, 1.82) is 5.26 Å². The van der Waals surface area contributed by atoms with Crippen molar-refractivity contribution in [3.05, 3.63) is 35.7 Å². The Morgan fingerprint density at radius 2 is 2.19 bits per heavy atom. The number of imidazole rings is 1. The maximum absolute atomic E-state index is 9.35. The zero-order chi connectivity index (χ0) is 15.0. The number of methoxy groups -OCH3 is 1. The van der Waals surface area contributed by atoms with Gasteiger partial charge in [-0.05, 0) is 18.1 Å². The molecule has 1 aromatic carbocycles. The van der Waals surface area contributed by atoms with Gasteiger partial charge in [-0.2, -0.15) is 14.9 Å². The minimum Gasteiger partial charge on any atom is -0.497 e. The standard InChI is InChI=1S/C15H14N4OS/c1-9(2)13-12(8-16)19-15(17-13)21-14(18-19)10-5-4-6-11(7-10)20-3/h4-7,9H,1-3H3. The van der Waals surface area contributed by atoms with Crippen molar-refractivity contribution in [1.82, 2.24) is 14.6 Å². The van der Waals surface area contributed by atoms with E-state index in [0.29, 0.717) is 5.69 Å². The van der Waals surface area contributed by atoms with Gasteiger partial charge < -0.3 is 4.74 Å². The second-order valence-corrected chi connectivity index (χ2v) is 5.90. The molecule has 0 saturated heterocycles. The molecule has 5 nitrogen and oxygen atoms in total. The zero-order valence-corrected chi connectivity index (χ0v) is 12.8. The first-order valence-corrected chi connectivity index (χ1v) is 7.39. The largest absolute Gasteiger partial charge is 0.497 e. The van der Waals surface area contributed by atoms with Crippen LogP contribution in [0.4, 0.5) is 0 Å². The molecule has 6 heteroatoms. The number of ether oxygens (including phenoxy) is 1. The van der Waals surface area contributed by atoms with Gasteiger partial charge in [0.2, 0.25) is 4.96 Å². The molecule has 2 heterocycles. The molecule has 3 aromatic rings. The van der Waals surface area contributed by atoms with Crippen molar-refractivity contribution in [2.75, 3.05) is 7.11 Å². The number of nitriles is 1. The maximum Gasteiger partial charge on any atom is 0.213 e. The van der Waals surface area contributed by atoms with Gasteiger partial charge in [-0.25, -0.2) is 4.98 Å². The number of rotatable bonds is 3. The number of hydrogen-bond acceptors (Lipinski definition) is 5. The molecule has 106 valence electrons. The highest BCUT2D eigenvalue weighted by molar-refractivity contribution is 7.19. The zero-order valence-electron chi connectivity index (χ0n) is 12.0. The Labute approximate surface area is 126 Å². The Morgan fingerprint density at radius 3 is 2.86 bits per heavy atom. The smallest absolute Gasteiger partial charge is 0.213 e. The average molecular weight is 298 g/mol. The summed E-state index contributed by atoms with van der Waals surface area (Å²) in [6.07, 6.45) is 0. The quantitative estimate of drug-likeness (QED) is 0.743. The molecular formula is C15H14N4OS. The van der Waals surface area contributed by atoms with E-state index in [1.54, 1.807) is 11.6 Å². The van der Waals surface area contributed by atoms with Gasteiger partial charge in [0, 0.05) is 5.56 Å². The first kappa shape index (κ1) is 13.6. The molecular weight excluding hydrogens is 284 g/mol. The summed E-state index contributed by atoms with van der Waals surface area (Å²) in [5.74, 6) is 0.984. The normalized spacial score (nSPS) is 11.0. The molecule has 0 unspecified atom stereocenters. The van der Waals surface area contributed by atoms with Crippen LogP contribution in [0.2, 0.25) is 0 Å². The lowest BCUT2D eigenvalue weighted by atomic mass is 10.1. The lowest BCUT2D eigenvalue weighted by Crippen LogP contribution is -1.95. The van der Waals surface area contributed by atoms with E-state index >= 15 is 0 Å². The summed E-state index contributed by atoms with van der Waals surface area (Å²) in [7, 11) is 1.64. The lowest BCUT2D eigenvalue weighted by molar-refractivity contribution is 0.415. The Bertz CT molecular complexity index is 841. The minimum atomic E-state index is 0.203. The first-order valence-electron chi connectivity index (χ1n) is 6.58. The van der Waals surface area contributed by atoms with Gasteiger partial charge in [-0.3, -0.25) is 0 Å². The van der Waals surface area contributed by atoms with E-state index in [9.17, 15) is 5.26 Å². The molecule has 0 spiro atoms. The van der Waals surface area contributed by atoms with Crippen LogP contribution in [0.5, 0.6) is 5.75 Å². The van der Waals surface area contributed by atoms with Gasteiger partial charge in [-0.1, -0.05) is 37.3 Å². The molecule has 0 fully saturated rings. The Hall–Kier alpha value is -2.39. The van der Waals surface area contributed by atoms with Crippen LogP contribution < -0.4 is 4.74 Å². The Morgan fingerprint density at radius 1 is 1.38 bits per heavy atom. The van der Waals surface area contributed by atoms with Crippen molar-refractivity contribution < 1.29 is 4.74 Å².